The lowest BCUT2D eigenvalue weighted by molar-refractivity contribution is 0.0360. The molecule has 3 aromatic rings. The Labute approximate surface area is 192 Å². The predicted octanol–water partition coefficient (Wildman–Crippen LogP) is 2.28. The van der Waals surface area contributed by atoms with Crippen LogP contribution in [0, 0.1) is 11.3 Å². The second kappa shape index (κ2) is 9.94. The van der Waals surface area contributed by atoms with E-state index in [2.05, 4.69) is 41.2 Å². The predicted molar refractivity (Wildman–Crippen MR) is 124 cm³/mol. The number of ether oxygens (including phenoxy) is 1. The fourth-order valence-electron chi connectivity index (χ4n) is 4.19. The third-order valence-electron chi connectivity index (χ3n) is 5.98. The topological polar surface area (TPSA) is 108 Å². The Morgan fingerprint density at radius 3 is 2.73 bits per heavy atom. The first kappa shape index (κ1) is 21.3. The van der Waals surface area contributed by atoms with Crippen molar-refractivity contribution in [1.29, 1.82) is 5.26 Å². The molecule has 0 radical (unpaired) electrons. The Balaban J connectivity index is 1.26. The van der Waals surface area contributed by atoms with Gasteiger partial charge in [0.05, 0.1) is 42.9 Å². The molecule has 10 heteroatoms. The van der Waals surface area contributed by atoms with Gasteiger partial charge >= 0.3 is 0 Å². The van der Waals surface area contributed by atoms with Gasteiger partial charge in [0.1, 0.15) is 11.9 Å². The van der Waals surface area contributed by atoms with Crippen LogP contribution in [-0.2, 0) is 11.3 Å². The van der Waals surface area contributed by atoms with E-state index in [4.69, 9.17) is 4.74 Å². The second-order valence-electron chi connectivity index (χ2n) is 8.24. The van der Waals surface area contributed by atoms with Crippen molar-refractivity contribution in [3.8, 4) is 17.3 Å². The van der Waals surface area contributed by atoms with E-state index >= 15 is 0 Å². The lowest BCUT2D eigenvalue weighted by Crippen LogP contribution is -2.38. The summed E-state index contributed by atoms with van der Waals surface area (Å²) in [6, 6.07) is 5.97. The van der Waals surface area contributed by atoms with Gasteiger partial charge in [-0.2, -0.15) is 10.4 Å². The highest BCUT2D eigenvalue weighted by Crippen LogP contribution is 2.26. The molecule has 0 aliphatic carbocycles. The van der Waals surface area contributed by atoms with E-state index in [9.17, 15) is 5.26 Å². The number of rotatable bonds is 7. The van der Waals surface area contributed by atoms with Gasteiger partial charge in [0.2, 0.25) is 5.95 Å². The fraction of sp³-hybridized carbons (Fsp3) is 0.435. The quantitative estimate of drug-likeness (QED) is 0.586. The van der Waals surface area contributed by atoms with E-state index in [1.165, 1.54) is 0 Å². The summed E-state index contributed by atoms with van der Waals surface area (Å²) in [4.78, 5) is 18.1. The molecule has 0 saturated carbocycles. The molecule has 10 nitrogen and oxygen atoms in total. The number of nitrogens with zero attached hydrogens (tertiary/aromatic N) is 8. The molecule has 0 unspecified atom stereocenters. The van der Waals surface area contributed by atoms with E-state index in [0.717, 1.165) is 82.4 Å². The van der Waals surface area contributed by atoms with Gasteiger partial charge in [0, 0.05) is 56.9 Å². The monoisotopic (exact) mass is 445 g/mol. The van der Waals surface area contributed by atoms with Crippen molar-refractivity contribution < 1.29 is 4.74 Å². The molecule has 0 aromatic carbocycles. The number of hydrogen-bond donors (Lipinski definition) is 1. The molecule has 2 aliphatic rings. The summed E-state index contributed by atoms with van der Waals surface area (Å²) < 4.78 is 7.31. The normalized spacial score (nSPS) is 16.6. The lowest BCUT2D eigenvalue weighted by atomic mass is 10.1. The fourth-order valence-corrected chi connectivity index (χ4v) is 4.19. The van der Waals surface area contributed by atoms with Crippen molar-refractivity contribution in [3.63, 3.8) is 0 Å². The van der Waals surface area contributed by atoms with Crippen molar-refractivity contribution >= 4 is 17.5 Å². The second-order valence-corrected chi connectivity index (χ2v) is 8.24. The van der Waals surface area contributed by atoms with Crippen molar-refractivity contribution in [2.45, 2.75) is 19.4 Å². The third-order valence-corrected chi connectivity index (χ3v) is 5.98. The highest BCUT2D eigenvalue weighted by Gasteiger charge is 2.18. The first-order chi connectivity index (χ1) is 16.3. The van der Waals surface area contributed by atoms with E-state index in [-0.39, 0.29) is 0 Å². The van der Waals surface area contributed by atoms with E-state index in [1.54, 1.807) is 18.6 Å². The van der Waals surface area contributed by atoms with Crippen LogP contribution in [0.2, 0.25) is 0 Å². The smallest absolute Gasteiger partial charge is 0.227 e. The molecule has 1 N–H and O–H groups in total. The first-order valence-electron chi connectivity index (χ1n) is 11.4. The number of morpholine rings is 1. The highest BCUT2D eigenvalue weighted by atomic mass is 16.5. The largest absolute Gasteiger partial charge is 0.379 e. The summed E-state index contributed by atoms with van der Waals surface area (Å²) in [7, 11) is 0. The van der Waals surface area contributed by atoms with Crippen molar-refractivity contribution in [2.24, 2.45) is 0 Å². The standard InChI is InChI=1S/C23H27N9O/c24-14-18-13-19(15-26-22(18)31-5-1-2-6-31)21-3-4-25-23(29-21)28-20-16-27-32(17-20)8-7-30-9-11-33-12-10-30/h3-4,13,15-17H,1-2,5-12H2,(H,25,28,29). The SMILES string of the molecule is N#Cc1cc(-c2ccnc(Nc3cnn(CCN4CCOCC4)c3)n2)cnc1N1CCCC1. The van der Waals surface area contributed by atoms with E-state index in [1.807, 2.05) is 23.0 Å². The molecule has 2 aliphatic heterocycles. The van der Waals surface area contributed by atoms with Gasteiger partial charge in [-0.3, -0.25) is 9.58 Å². The number of pyridine rings is 1. The maximum absolute atomic E-state index is 9.65. The molecule has 5 heterocycles. The molecule has 0 bridgehead atoms. The summed E-state index contributed by atoms with van der Waals surface area (Å²) >= 11 is 0. The molecule has 5 rings (SSSR count). The lowest BCUT2D eigenvalue weighted by Gasteiger charge is -2.26. The summed E-state index contributed by atoms with van der Waals surface area (Å²) in [5.74, 6) is 1.23. The van der Waals surface area contributed by atoms with Crippen LogP contribution in [0.25, 0.3) is 11.3 Å². The van der Waals surface area contributed by atoms with Gasteiger partial charge in [0.15, 0.2) is 0 Å². The van der Waals surface area contributed by atoms with E-state index in [0.29, 0.717) is 17.2 Å². The molecule has 170 valence electrons. The molecule has 0 spiro atoms. The zero-order valence-corrected chi connectivity index (χ0v) is 18.5. The van der Waals surface area contributed by atoms with Gasteiger partial charge in [0.25, 0.3) is 0 Å². The maximum atomic E-state index is 9.65. The summed E-state index contributed by atoms with van der Waals surface area (Å²) in [6.45, 7) is 7.18. The van der Waals surface area contributed by atoms with Gasteiger partial charge in [-0.15, -0.1) is 0 Å². The van der Waals surface area contributed by atoms with Crippen LogP contribution in [0.15, 0.2) is 36.9 Å². The summed E-state index contributed by atoms with van der Waals surface area (Å²) in [6.07, 6.45) is 9.49. The highest BCUT2D eigenvalue weighted by molar-refractivity contribution is 5.67. The molecule has 0 atom stereocenters. The van der Waals surface area contributed by atoms with Crippen molar-refractivity contribution in [1.82, 2.24) is 29.6 Å². The summed E-state index contributed by atoms with van der Waals surface area (Å²) in [5.41, 5.74) is 2.91. The van der Waals surface area contributed by atoms with Crippen molar-refractivity contribution in [2.75, 3.05) is 56.2 Å². The minimum absolute atomic E-state index is 0.474. The van der Waals surface area contributed by atoms with Gasteiger partial charge in [-0.1, -0.05) is 0 Å². The van der Waals surface area contributed by atoms with Gasteiger partial charge < -0.3 is 15.0 Å². The van der Waals surface area contributed by atoms with Crippen LogP contribution in [0.4, 0.5) is 17.5 Å². The van der Waals surface area contributed by atoms with Gasteiger partial charge in [-0.25, -0.2) is 15.0 Å². The molecule has 33 heavy (non-hydrogen) atoms. The molecule has 0 amide bonds. The average Bonchev–Trinajstić information content (AvgIpc) is 3.56. The molecule has 2 saturated heterocycles. The van der Waals surface area contributed by atoms with Crippen LogP contribution < -0.4 is 10.2 Å². The number of anilines is 3. The number of nitrogens with one attached hydrogen (secondary N) is 1. The minimum atomic E-state index is 0.474. The molecular weight excluding hydrogens is 418 g/mol. The zero-order valence-electron chi connectivity index (χ0n) is 18.5. The van der Waals surface area contributed by atoms with Crippen LogP contribution >= 0.6 is 0 Å². The Morgan fingerprint density at radius 1 is 1.06 bits per heavy atom. The molecule has 3 aromatic heterocycles. The Hall–Kier alpha value is -3.55. The van der Waals surface area contributed by atoms with Crippen molar-refractivity contribution in [3.05, 3.63) is 42.5 Å². The number of aromatic nitrogens is 5. The average molecular weight is 446 g/mol. The zero-order chi connectivity index (χ0) is 22.5. The Kier molecular flexibility index (Phi) is 6.41. The van der Waals surface area contributed by atoms with Crippen LogP contribution in [0.1, 0.15) is 18.4 Å². The summed E-state index contributed by atoms with van der Waals surface area (Å²) in [5, 5.41) is 17.3. The van der Waals surface area contributed by atoms with E-state index < -0.39 is 0 Å². The van der Waals surface area contributed by atoms with Crippen LogP contribution in [0.5, 0.6) is 0 Å². The number of hydrogen-bond acceptors (Lipinski definition) is 9. The Morgan fingerprint density at radius 2 is 1.91 bits per heavy atom. The Bertz CT molecular complexity index is 1130. The third kappa shape index (κ3) is 5.10. The molecule has 2 fully saturated rings. The first-order valence-corrected chi connectivity index (χ1v) is 11.4. The van der Waals surface area contributed by atoms with Crippen LogP contribution in [0.3, 0.4) is 0 Å². The minimum Gasteiger partial charge on any atom is -0.379 e. The van der Waals surface area contributed by atoms with Crippen LogP contribution in [-0.4, -0.2) is 75.6 Å². The molecular formula is C23H27N9O. The maximum Gasteiger partial charge on any atom is 0.227 e. The number of nitriles is 1. The van der Waals surface area contributed by atoms with Gasteiger partial charge in [-0.05, 0) is 25.0 Å².